The van der Waals surface area contributed by atoms with E-state index in [0.717, 1.165) is 5.56 Å². The molecule has 3 N–H and O–H groups in total. The van der Waals surface area contributed by atoms with E-state index < -0.39 is 10.0 Å². The van der Waals surface area contributed by atoms with Gasteiger partial charge in [0.1, 0.15) is 5.76 Å². The Labute approximate surface area is 111 Å². The van der Waals surface area contributed by atoms with Crippen molar-refractivity contribution in [1.82, 2.24) is 9.88 Å². The second-order valence-corrected chi connectivity index (χ2v) is 6.04. The molecule has 0 saturated heterocycles. The molecule has 102 valence electrons. The van der Waals surface area contributed by atoms with Crippen molar-refractivity contribution in [1.29, 1.82) is 0 Å². The second kappa shape index (κ2) is 5.02. The van der Waals surface area contributed by atoms with E-state index in [-0.39, 0.29) is 11.4 Å². The third-order valence-corrected chi connectivity index (χ3v) is 4.08. The van der Waals surface area contributed by atoms with Gasteiger partial charge in [-0.05, 0) is 31.5 Å². The van der Waals surface area contributed by atoms with E-state index in [0.29, 0.717) is 17.1 Å². The molecule has 0 amide bonds. The van der Waals surface area contributed by atoms with Gasteiger partial charge in [-0.25, -0.2) is 13.1 Å². The highest BCUT2D eigenvalue weighted by molar-refractivity contribution is 7.89. The Hall–Kier alpha value is -1.86. The third kappa shape index (κ3) is 3.12. The van der Waals surface area contributed by atoms with Gasteiger partial charge in [0.05, 0.1) is 17.1 Å². The number of rotatable bonds is 4. The van der Waals surface area contributed by atoms with Crippen LogP contribution in [0.2, 0.25) is 0 Å². The maximum atomic E-state index is 12.1. The van der Waals surface area contributed by atoms with Crippen LogP contribution in [0.15, 0.2) is 33.7 Å². The minimum Gasteiger partial charge on any atom is -0.398 e. The Bertz CT molecular complexity index is 692. The predicted octanol–water partition coefficient (Wildman–Crippen LogP) is 1.35. The number of anilines is 1. The van der Waals surface area contributed by atoms with Gasteiger partial charge < -0.3 is 10.3 Å². The normalized spacial score (nSPS) is 11.7. The lowest BCUT2D eigenvalue weighted by Crippen LogP contribution is -2.23. The van der Waals surface area contributed by atoms with Crippen LogP contribution in [0, 0.1) is 13.8 Å². The van der Waals surface area contributed by atoms with E-state index in [4.69, 9.17) is 10.3 Å². The molecule has 2 aromatic rings. The lowest BCUT2D eigenvalue weighted by Gasteiger charge is -2.07. The molecule has 1 aromatic carbocycles. The first kappa shape index (κ1) is 13.6. The fourth-order valence-corrected chi connectivity index (χ4v) is 2.57. The van der Waals surface area contributed by atoms with E-state index in [1.807, 2.05) is 6.92 Å². The zero-order chi connectivity index (χ0) is 14.0. The van der Waals surface area contributed by atoms with Gasteiger partial charge in [0, 0.05) is 11.8 Å². The second-order valence-electron chi connectivity index (χ2n) is 4.27. The topological polar surface area (TPSA) is 98.2 Å². The minimum absolute atomic E-state index is 0.0768. The summed E-state index contributed by atoms with van der Waals surface area (Å²) >= 11 is 0. The number of aryl methyl sites for hydroxylation is 2. The van der Waals surface area contributed by atoms with Crippen LogP contribution in [0.4, 0.5) is 5.69 Å². The van der Waals surface area contributed by atoms with Crippen molar-refractivity contribution >= 4 is 15.7 Å². The maximum Gasteiger partial charge on any atom is 0.240 e. The summed E-state index contributed by atoms with van der Waals surface area (Å²) in [5, 5.41) is 3.72. The molecule has 0 fully saturated rings. The average molecular weight is 281 g/mol. The largest absolute Gasteiger partial charge is 0.398 e. The van der Waals surface area contributed by atoms with E-state index in [1.165, 1.54) is 12.1 Å². The van der Waals surface area contributed by atoms with Crippen molar-refractivity contribution in [2.24, 2.45) is 0 Å². The first-order valence-electron chi connectivity index (χ1n) is 5.66. The Kier molecular flexibility index (Phi) is 3.59. The average Bonchev–Trinajstić information content (AvgIpc) is 2.76. The van der Waals surface area contributed by atoms with Crippen LogP contribution < -0.4 is 10.5 Å². The number of aromatic nitrogens is 1. The molecular weight excluding hydrogens is 266 g/mol. The summed E-state index contributed by atoms with van der Waals surface area (Å²) in [6.07, 6.45) is 0. The van der Waals surface area contributed by atoms with Gasteiger partial charge in [-0.2, -0.15) is 0 Å². The van der Waals surface area contributed by atoms with Gasteiger partial charge in [-0.1, -0.05) is 11.2 Å². The fraction of sp³-hybridized carbons (Fsp3) is 0.250. The third-order valence-electron chi connectivity index (χ3n) is 2.68. The van der Waals surface area contributed by atoms with Crippen LogP contribution in [0.3, 0.4) is 0 Å². The maximum absolute atomic E-state index is 12.1. The van der Waals surface area contributed by atoms with Crippen LogP contribution in [-0.4, -0.2) is 13.6 Å². The van der Waals surface area contributed by atoms with Crippen molar-refractivity contribution in [2.45, 2.75) is 25.3 Å². The minimum atomic E-state index is -3.60. The van der Waals surface area contributed by atoms with Crippen molar-refractivity contribution in [3.8, 4) is 0 Å². The van der Waals surface area contributed by atoms with Crippen LogP contribution >= 0.6 is 0 Å². The first-order chi connectivity index (χ1) is 8.88. The summed E-state index contributed by atoms with van der Waals surface area (Å²) in [5.74, 6) is 0.633. The summed E-state index contributed by atoms with van der Waals surface area (Å²) < 4.78 is 31.4. The molecule has 0 saturated carbocycles. The zero-order valence-electron chi connectivity index (χ0n) is 10.7. The van der Waals surface area contributed by atoms with Crippen LogP contribution in [0.25, 0.3) is 0 Å². The van der Waals surface area contributed by atoms with E-state index >= 15 is 0 Å². The molecule has 0 atom stereocenters. The number of nitrogen functional groups attached to an aromatic ring is 1. The molecule has 6 nitrogen and oxygen atoms in total. The number of nitrogens with two attached hydrogens (primary N) is 1. The van der Waals surface area contributed by atoms with Gasteiger partial charge in [0.25, 0.3) is 0 Å². The SMILES string of the molecule is Cc1cc(CNS(=O)(=O)c2ccc(C)c(N)c2)no1. The molecule has 1 heterocycles. The number of hydrogen-bond donors (Lipinski definition) is 2. The summed E-state index contributed by atoms with van der Waals surface area (Å²) in [6.45, 7) is 3.64. The quantitative estimate of drug-likeness (QED) is 0.824. The monoisotopic (exact) mass is 281 g/mol. The highest BCUT2D eigenvalue weighted by atomic mass is 32.2. The molecule has 1 aromatic heterocycles. The summed E-state index contributed by atoms with van der Waals surface area (Å²) in [5.41, 5.74) is 7.52. The first-order valence-corrected chi connectivity index (χ1v) is 7.15. The molecule has 0 spiro atoms. The van der Waals surface area contributed by atoms with Crippen LogP contribution in [0.5, 0.6) is 0 Å². The highest BCUT2D eigenvalue weighted by Gasteiger charge is 2.15. The van der Waals surface area contributed by atoms with E-state index in [9.17, 15) is 8.42 Å². The molecule has 19 heavy (non-hydrogen) atoms. The summed E-state index contributed by atoms with van der Waals surface area (Å²) in [6, 6.07) is 6.30. The van der Waals surface area contributed by atoms with Gasteiger partial charge >= 0.3 is 0 Å². The molecule has 0 aliphatic rings. The molecule has 0 radical (unpaired) electrons. The van der Waals surface area contributed by atoms with E-state index in [1.54, 1.807) is 19.1 Å². The van der Waals surface area contributed by atoms with Gasteiger partial charge in [0.15, 0.2) is 0 Å². The Morgan fingerprint density at radius 3 is 2.63 bits per heavy atom. The molecular formula is C12H15N3O3S. The lowest BCUT2D eigenvalue weighted by atomic mass is 10.2. The van der Waals surface area contributed by atoms with Gasteiger partial charge in [0.2, 0.25) is 10.0 Å². The van der Waals surface area contributed by atoms with Crippen LogP contribution in [-0.2, 0) is 16.6 Å². The molecule has 2 rings (SSSR count). The summed E-state index contributed by atoms with van der Waals surface area (Å²) in [4.78, 5) is 0.135. The predicted molar refractivity (Wildman–Crippen MR) is 70.9 cm³/mol. The number of hydrogen-bond acceptors (Lipinski definition) is 5. The highest BCUT2D eigenvalue weighted by Crippen LogP contribution is 2.17. The van der Waals surface area contributed by atoms with Gasteiger partial charge in [-0.3, -0.25) is 0 Å². The molecule has 7 heteroatoms. The smallest absolute Gasteiger partial charge is 0.240 e. The lowest BCUT2D eigenvalue weighted by molar-refractivity contribution is 0.390. The fourth-order valence-electron chi connectivity index (χ4n) is 1.54. The van der Waals surface area contributed by atoms with Crippen molar-refractivity contribution in [3.63, 3.8) is 0 Å². The number of nitrogens with zero attached hydrogens (tertiary/aromatic N) is 1. The van der Waals surface area contributed by atoms with Crippen molar-refractivity contribution in [2.75, 3.05) is 5.73 Å². The van der Waals surface area contributed by atoms with Crippen molar-refractivity contribution in [3.05, 3.63) is 41.3 Å². The number of sulfonamides is 1. The van der Waals surface area contributed by atoms with Crippen LogP contribution in [0.1, 0.15) is 17.0 Å². The Morgan fingerprint density at radius 2 is 2.05 bits per heavy atom. The molecule has 0 bridgehead atoms. The summed E-state index contributed by atoms with van der Waals surface area (Å²) in [7, 11) is -3.60. The molecule has 0 aliphatic carbocycles. The van der Waals surface area contributed by atoms with Crippen molar-refractivity contribution < 1.29 is 12.9 Å². The Balaban J connectivity index is 2.16. The molecule has 0 aliphatic heterocycles. The zero-order valence-corrected chi connectivity index (χ0v) is 11.5. The van der Waals surface area contributed by atoms with Gasteiger partial charge in [-0.15, -0.1) is 0 Å². The van der Waals surface area contributed by atoms with E-state index in [2.05, 4.69) is 9.88 Å². The Morgan fingerprint density at radius 1 is 1.32 bits per heavy atom. The molecule has 0 unspecified atom stereocenters. The standard InChI is InChI=1S/C12H15N3O3S/c1-8-3-4-11(6-12(8)13)19(16,17)14-7-10-5-9(2)18-15-10/h3-6,14H,7,13H2,1-2H3. The number of benzene rings is 1. The number of nitrogens with one attached hydrogen (secondary N) is 1.